The van der Waals surface area contributed by atoms with E-state index in [1.165, 1.54) is 38.5 Å². The van der Waals surface area contributed by atoms with Crippen molar-refractivity contribution in [1.82, 2.24) is 15.0 Å². The van der Waals surface area contributed by atoms with Crippen molar-refractivity contribution in [3.63, 3.8) is 0 Å². The molecule has 148 valence electrons. The Morgan fingerprint density at radius 2 is 1.54 bits per heavy atom. The monoisotopic (exact) mass is 383 g/mol. The van der Waals surface area contributed by atoms with E-state index in [2.05, 4.69) is 21.9 Å². The van der Waals surface area contributed by atoms with Crippen LogP contribution in [0.4, 0.5) is 11.9 Å². The van der Waals surface area contributed by atoms with Crippen LogP contribution in [0.1, 0.15) is 70.5 Å². The van der Waals surface area contributed by atoms with Crippen molar-refractivity contribution in [3.05, 3.63) is 5.82 Å². The van der Waals surface area contributed by atoms with Crippen LogP contribution < -0.4 is 11.5 Å². The van der Waals surface area contributed by atoms with E-state index < -0.39 is 0 Å². The number of nitrogens with two attached hydrogens (primary N) is 2. The number of nitrogens with zero attached hydrogens (tertiary/aromatic N) is 3. The fraction of sp³-hybridized carbons (Fsp3) is 0.778. The smallest absolute Gasteiger partial charge is 0.306 e. The standard InChI is InChI=1S/C18H33N5O2S/c1-2-3-4-5-6-7-8-9-12-25-16(24)11-14-26-13-10-15-21-17(19)23-18(20)22-15/h2-14H2,1H3,(H4,19,20,21,22,23). The maximum Gasteiger partial charge on any atom is 0.306 e. The van der Waals surface area contributed by atoms with Crippen LogP contribution in [-0.2, 0) is 16.0 Å². The van der Waals surface area contributed by atoms with Crippen LogP contribution in [0.3, 0.4) is 0 Å². The predicted octanol–water partition coefficient (Wildman–Crippen LogP) is 3.39. The molecule has 0 radical (unpaired) electrons. The Bertz CT molecular complexity index is 496. The molecule has 1 heterocycles. The summed E-state index contributed by atoms with van der Waals surface area (Å²) < 4.78 is 5.27. The second-order valence-electron chi connectivity index (χ2n) is 6.28. The van der Waals surface area contributed by atoms with E-state index in [9.17, 15) is 4.79 Å². The summed E-state index contributed by atoms with van der Waals surface area (Å²) in [6.45, 7) is 2.77. The Balaban J connectivity index is 1.92. The van der Waals surface area contributed by atoms with Gasteiger partial charge in [-0.05, 0) is 6.42 Å². The minimum absolute atomic E-state index is 0.117. The minimum atomic E-state index is -0.117. The molecule has 0 atom stereocenters. The van der Waals surface area contributed by atoms with Gasteiger partial charge in [0.1, 0.15) is 5.82 Å². The van der Waals surface area contributed by atoms with Gasteiger partial charge in [0.15, 0.2) is 0 Å². The van der Waals surface area contributed by atoms with Crippen LogP contribution in [-0.4, -0.2) is 39.0 Å². The molecule has 0 aliphatic rings. The third-order valence-corrected chi connectivity index (χ3v) is 4.88. The lowest BCUT2D eigenvalue weighted by Crippen LogP contribution is -2.09. The van der Waals surface area contributed by atoms with Gasteiger partial charge < -0.3 is 16.2 Å². The second-order valence-corrected chi connectivity index (χ2v) is 7.50. The molecule has 0 saturated carbocycles. The summed E-state index contributed by atoms with van der Waals surface area (Å²) >= 11 is 1.66. The number of nitrogen functional groups attached to an aromatic ring is 2. The SMILES string of the molecule is CCCCCCCCCCOC(=O)CCSCCc1nc(N)nc(N)n1. The van der Waals surface area contributed by atoms with Gasteiger partial charge in [0, 0.05) is 17.9 Å². The van der Waals surface area contributed by atoms with Gasteiger partial charge in [-0.3, -0.25) is 4.79 Å². The van der Waals surface area contributed by atoms with Crippen LogP contribution in [0.5, 0.6) is 0 Å². The normalized spacial score (nSPS) is 10.8. The molecule has 0 aliphatic carbocycles. The largest absolute Gasteiger partial charge is 0.466 e. The molecule has 7 nitrogen and oxygen atoms in total. The summed E-state index contributed by atoms with van der Waals surface area (Å²) in [5, 5.41) is 0. The zero-order valence-corrected chi connectivity index (χ0v) is 16.7. The molecule has 8 heteroatoms. The predicted molar refractivity (Wildman–Crippen MR) is 108 cm³/mol. The highest BCUT2D eigenvalue weighted by molar-refractivity contribution is 7.99. The lowest BCUT2D eigenvalue weighted by atomic mass is 10.1. The maximum atomic E-state index is 11.7. The van der Waals surface area contributed by atoms with Crippen molar-refractivity contribution in [2.75, 3.05) is 29.6 Å². The van der Waals surface area contributed by atoms with Gasteiger partial charge in [-0.15, -0.1) is 0 Å². The second kappa shape index (κ2) is 14.6. The van der Waals surface area contributed by atoms with Crippen molar-refractivity contribution in [3.8, 4) is 0 Å². The van der Waals surface area contributed by atoms with Crippen LogP contribution in [0.25, 0.3) is 0 Å². The molecular formula is C18H33N5O2S. The highest BCUT2D eigenvalue weighted by Crippen LogP contribution is 2.10. The Morgan fingerprint density at radius 3 is 2.19 bits per heavy atom. The van der Waals surface area contributed by atoms with Crippen molar-refractivity contribution in [1.29, 1.82) is 0 Å². The number of hydrogen-bond acceptors (Lipinski definition) is 8. The van der Waals surface area contributed by atoms with Crippen LogP contribution in [0, 0.1) is 0 Å². The molecule has 0 saturated heterocycles. The number of hydrogen-bond donors (Lipinski definition) is 2. The number of ether oxygens (including phenoxy) is 1. The summed E-state index contributed by atoms with van der Waals surface area (Å²) in [6.07, 6.45) is 11.0. The van der Waals surface area contributed by atoms with E-state index in [0.29, 0.717) is 25.3 Å². The number of anilines is 2. The van der Waals surface area contributed by atoms with Crippen LogP contribution >= 0.6 is 11.8 Å². The van der Waals surface area contributed by atoms with Gasteiger partial charge in [0.25, 0.3) is 0 Å². The van der Waals surface area contributed by atoms with Gasteiger partial charge in [0.2, 0.25) is 11.9 Å². The number of esters is 1. The lowest BCUT2D eigenvalue weighted by Gasteiger charge is -2.05. The summed E-state index contributed by atoms with van der Waals surface area (Å²) in [5.41, 5.74) is 11.0. The van der Waals surface area contributed by atoms with Crippen molar-refractivity contribution in [2.45, 2.75) is 71.1 Å². The molecule has 0 bridgehead atoms. The first kappa shape index (κ1) is 22.5. The van der Waals surface area contributed by atoms with E-state index in [4.69, 9.17) is 16.2 Å². The molecule has 0 unspecified atom stereocenters. The minimum Gasteiger partial charge on any atom is -0.466 e. The Kier molecular flexibility index (Phi) is 12.6. The van der Waals surface area contributed by atoms with Gasteiger partial charge in [-0.2, -0.15) is 26.7 Å². The highest BCUT2D eigenvalue weighted by Gasteiger charge is 2.05. The molecule has 26 heavy (non-hydrogen) atoms. The number of carbonyl (C=O) groups is 1. The summed E-state index contributed by atoms with van der Waals surface area (Å²) in [5.74, 6) is 2.28. The molecule has 0 amide bonds. The highest BCUT2D eigenvalue weighted by atomic mass is 32.2. The van der Waals surface area contributed by atoms with E-state index in [1.807, 2.05) is 0 Å². The van der Waals surface area contributed by atoms with Gasteiger partial charge >= 0.3 is 5.97 Å². The Hall–Kier alpha value is -1.57. The Morgan fingerprint density at radius 1 is 0.923 bits per heavy atom. The van der Waals surface area contributed by atoms with Crippen molar-refractivity contribution >= 4 is 29.6 Å². The first-order valence-electron chi connectivity index (χ1n) is 9.61. The van der Waals surface area contributed by atoms with E-state index >= 15 is 0 Å². The maximum absolute atomic E-state index is 11.7. The van der Waals surface area contributed by atoms with E-state index in [0.717, 1.165) is 24.3 Å². The molecule has 0 aromatic carbocycles. The number of aryl methyl sites for hydroxylation is 1. The Labute approximate surface area is 161 Å². The van der Waals surface area contributed by atoms with Crippen molar-refractivity contribution < 1.29 is 9.53 Å². The van der Waals surface area contributed by atoms with Gasteiger partial charge in [-0.1, -0.05) is 51.9 Å². The van der Waals surface area contributed by atoms with E-state index in [-0.39, 0.29) is 17.9 Å². The molecule has 0 fully saturated rings. The molecule has 0 spiro atoms. The quantitative estimate of drug-likeness (QED) is 0.349. The number of rotatable bonds is 15. The van der Waals surface area contributed by atoms with Crippen LogP contribution in [0.2, 0.25) is 0 Å². The fourth-order valence-electron chi connectivity index (χ4n) is 2.48. The topological polar surface area (TPSA) is 117 Å². The third-order valence-electron chi connectivity index (χ3n) is 3.90. The summed E-state index contributed by atoms with van der Waals surface area (Å²) in [4.78, 5) is 23.4. The number of aromatic nitrogens is 3. The fourth-order valence-corrected chi connectivity index (χ4v) is 3.33. The van der Waals surface area contributed by atoms with Gasteiger partial charge in [0.05, 0.1) is 13.0 Å². The number of thioether (sulfide) groups is 1. The molecular weight excluding hydrogens is 350 g/mol. The number of unbranched alkanes of at least 4 members (excludes halogenated alkanes) is 7. The van der Waals surface area contributed by atoms with Crippen molar-refractivity contribution in [2.24, 2.45) is 0 Å². The first-order valence-corrected chi connectivity index (χ1v) is 10.8. The molecule has 4 N–H and O–H groups in total. The lowest BCUT2D eigenvalue weighted by molar-refractivity contribution is -0.143. The average Bonchev–Trinajstić information content (AvgIpc) is 2.59. The first-order chi connectivity index (χ1) is 12.6. The van der Waals surface area contributed by atoms with Crippen LogP contribution in [0.15, 0.2) is 0 Å². The molecule has 0 aliphatic heterocycles. The molecule has 1 aromatic rings. The van der Waals surface area contributed by atoms with E-state index in [1.54, 1.807) is 11.8 Å². The molecule has 1 rings (SSSR count). The average molecular weight is 384 g/mol. The molecule has 1 aromatic heterocycles. The zero-order chi connectivity index (χ0) is 19.0. The summed E-state index contributed by atoms with van der Waals surface area (Å²) in [7, 11) is 0. The summed E-state index contributed by atoms with van der Waals surface area (Å²) in [6, 6.07) is 0. The third kappa shape index (κ3) is 11.9. The number of carbonyl (C=O) groups excluding carboxylic acids is 1. The van der Waals surface area contributed by atoms with Gasteiger partial charge in [-0.25, -0.2) is 0 Å². The zero-order valence-electron chi connectivity index (χ0n) is 15.9.